The van der Waals surface area contributed by atoms with Crippen LogP contribution in [0.5, 0.6) is 0 Å². The summed E-state index contributed by atoms with van der Waals surface area (Å²) in [6, 6.07) is 17.7. The minimum Gasteiger partial charge on any atom is -0.335 e. The molecule has 2 heterocycles. The third kappa shape index (κ3) is 8.02. The lowest BCUT2D eigenvalue weighted by Gasteiger charge is -2.36. The van der Waals surface area contributed by atoms with E-state index in [1.807, 2.05) is 23.1 Å². The van der Waals surface area contributed by atoms with Gasteiger partial charge in [0.05, 0.1) is 69.5 Å². The van der Waals surface area contributed by atoms with Crippen LogP contribution in [0.1, 0.15) is 59.4 Å². The van der Waals surface area contributed by atoms with E-state index in [-0.39, 0.29) is 0 Å². The Hall–Kier alpha value is -2.38. The number of nitrogens with zero attached hydrogens (tertiary/aromatic N) is 4. The second-order valence-corrected chi connectivity index (χ2v) is 13.9. The van der Waals surface area contributed by atoms with Gasteiger partial charge in [-0.2, -0.15) is 4.57 Å². The van der Waals surface area contributed by atoms with Crippen LogP contribution in [-0.2, 0) is 6.54 Å². The molecule has 3 aromatic rings. The number of thioether (sulfide) groups is 1. The summed E-state index contributed by atoms with van der Waals surface area (Å²) in [5.41, 5.74) is 2.71. The summed E-state index contributed by atoms with van der Waals surface area (Å²) in [4.78, 5) is 3.90. The Morgan fingerprint density at radius 1 is 0.721 bits per heavy atom. The Kier molecular flexibility index (Phi) is 12.5. The van der Waals surface area contributed by atoms with Crippen molar-refractivity contribution in [1.82, 2.24) is 0 Å². The molecule has 0 aliphatic carbocycles. The second-order valence-electron chi connectivity index (χ2n) is 11.8. The molecule has 0 amide bonds. The standard InChI is InChI=1S/C37H55N4S2/c1-7-40(8-2,9-3)30-20-28-38-32-22-16-18-24-34(32)42-36(38)26-14-13-15-27-37-39(33-23-17-19-25-35(33)43-37)29-21-31-41(10-4,11-5)12-6/h13-19,22-27H,7-12,20-21,28-31H2,1-6H3/q+3. The number of hydrogen-bond acceptors (Lipinski definition) is 3. The number of para-hydroxylation sites is 2. The van der Waals surface area contributed by atoms with Crippen LogP contribution in [0.2, 0.25) is 0 Å². The third-order valence-corrected chi connectivity index (χ3v) is 12.3. The van der Waals surface area contributed by atoms with Gasteiger partial charge in [0, 0.05) is 30.0 Å². The molecule has 1 aromatic heterocycles. The topological polar surface area (TPSA) is 7.12 Å². The zero-order valence-electron chi connectivity index (χ0n) is 27.6. The van der Waals surface area contributed by atoms with Gasteiger partial charge >= 0.3 is 0 Å². The number of rotatable bonds is 17. The number of aryl methyl sites for hydroxylation is 1. The number of benzene rings is 2. The summed E-state index contributed by atoms with van der Waals surface area (Å²) in [6.07, 6.45) is 13.6. The molecular weight excluding hydrogens is 565 g/mol. The minimum atomic E-state index is 1.06. The maximum atomic E-state index is 2.53. The Morgan fingerprint density at radius 2 is 1.35 bits per heavy atom. The molecule has 0 saturated carbocycles. The molecule has 4 rings (SSSR count). The second kappa shape index (κ2) is 16.1. The first-order chi connectivity index (χ1) is 21.0. The number of allylic oxidation sites excluding steroid dienone is 4. The highest BCUT2D eigenvalue weighted by molar-refractivity contribution is 8.03. The smallest absolute Gasteiger partial charge is 0.262 e. The molecule has 0 fully saturated rings. The van der Waals surface area contributed by atoms with E-state index in [0.717, 1.165) is 13.1 Å². The lowest BCUT2D eigenvalue weighted by molar-refractivity contribution is -0.925. The van der Waals surface area contributed by atoms with Crippen LogP contribution in [0.15, 0.2) is 82.8 Å². The highest BCUT2D eigenvalue weighted by Gasteiger charge is 2.27. The molecule has 0 unspecified atom stereocenters. The first-order valence-electron chi connectivity index (χ1n) is 16.7. The van der Waals surface area contributed by atoms with Gasteiger partial charge in [0.1, 0.15) is 4.70 Å². The minimum absolute atomic E-state index is 1.06. The van der Waals surface area contributed by atoms with Gasteiger partial charge in [0.15, 0.2) is 6.54 Å². The Bertz CT molecular complexity index is 1380. The number of thiazole rings is 1. The average Bonchev–Trinajstić information content (AvgIpc) is 3.59. The van der Waals surface area contributed by atoms with Crippen molar-refractivity contribution in [3.63, 3.8) is 0 Å². The molecule has 232 valence electrons. The third-order valence-electron chi connectivity index (χ3n) is 10.0. The zero-order valence-corrected chi connectivity index (χ0v) is 29.2. The van der Waals surface area contributed by atoms with E-state index < -0.39 is 0 Å². The number of fused-ring (bicyclic) bond motifs is 2. The number of aromatic nitrogens is 1. The predicted octanol–water partition coefficient (Wildman–Crippen LogP) is 8.75. The summed E-state index contributed by atoms with van der Waals surface area (Å²) >= 11 is 3.80. The van der Waals surface area contributed by atoms with E-state index in [2.05, 4.69) is 130 Å². The number of hydrogen-bond donors (Lipinski definition) is 0. The summed E-state index contributed by atoms with van der Waals surface area (Å²) in [5.74, 6) is 0. The van der Waals surface area contributed by atoms with Gasteiger partial charge in [0.25, 0.3) is 5.01 Å². The molecule has 1 aliphatic rings. The molecule has 4 nitrogen and oxygen atoms in total. The quantitative estimate of drug-likeness (QED) is 0.0847. The van der Waals surface area contributed by atoms with Crippen molar-refractivity contribution in [2.24, 2.45) is 0 Å². The van der Waals surface area contributed by atoms with Crippen LogP contribution in [0.25, 0.3) is 16.3 Å². The molecular formula is C37H55N4S2+3. The van der Waals surface area contributed by atoms with Gasteiger partial charge < -0.3 is 13.9 Å². The highest BCUT2D eigenvalue weighted by atomic mass is 32.2. The van der Waals surface area contributed by atoms with Gasteiger partial charge in [-0.05, 0) is 65.8 Å². The van der Waals surface area contributed by atoms with Gasteiger partial charge in [0.2, 0.25) is 5.52 Å². The molecule has 0 radical (unpaired) electrons. The maximum absolute atomic E-state index is 2.53. The monoisotopic (exact) mass is 619 g/mol. The normalized spacial score (nSPS) is 15.1. The average molecular weight is 620 g/mol. The van der Waals surface area contributed by atoms with Crippen molar-refractivity contribution in [3.05, 3.63) is 82.9 Å². The lowest BCUT2D eigenvalue weighted by Crippen LogP contribution is -2.49. The first kappa shape index (κ1) is 33.5. The molecule has 0 saturated heterocycles. The molecule has 0 spiro atoms. The van der Waals surface area contributed by atoms with E-state index in [1.165, 1.54) is 105 Å². The molecule has 2 aromatic carbocycles. The van der Waals surface area contributed by atoms with Crippen LogP contribution in [0.4, 0.5) is 5.69 Å². The fourth-order valence-electron chi connectivity index (χ4n) is 6.57. The van der Waals surface area contributed by atoms with E-state index in [9.17, 15) is 0 Å². The summed E-state index contributed by atoms with van der Waals surface area (Å²) < 4.78 is 6.31. The van der Waals surface area contributed by atoms with Crippen LogP contribution in [0.3, 0.4) is 0 Å². The summed E-state index contributed by atoms with van der Waals surface area (Å²) in [7, 11) is 0. The van der Waals surface area contributed by atoms with E-state index >= 15 is 0 Å². The van der Waals surface area contributed by atoms with E-state index in [1.54, 1.807) is 0 Å². The SMILES string of the molecule is CC[N+](CC)(CC)CCCN1C(=CC=CC=Cc2sc3ccccc3[n+]2CCC[N+](CC)(CC)CC)Sc2ccccc21. The van der Waals surface area contributed by atoms with Crippen LogP contribution < -0.4 is 9.47 Å². The highest BCUT2D eigenvalue weighted by Crippen LogP contribution is 2.45. The number of quaternary nitrogens is 2. The van der Waals surface area contributed by atoms with Crippen molar-refractivity contribution in [2.45, 2.75) is 65.8 Å². The molecule has 6 heteroatoms. The van der Waals surface area contributed by atoms with Crippen molar-refractivity contribution in [1.29, 1.82) is 0 Å². The Morgan fingerprint density at radius 3 is 2.05 bits per heavy atom. The molecule has 1 aliphatic heterocycles. The van der Waals surface area contributed by atoms with Gasteiger partial charge in [-0.15, -0.1) is 0 Å². The van der Waals surface area contributed by atoms with Crippen molar-refractivity contribution in [3.8, 4) is 0 Å². The van der Waals surface area contributed by atoms with Crippen molar-refractivity contribution < 1.29 is 13.5 Å². The maximum Gasteiger partial charge on any atom is 0.262 e. The first-order valence-corrected chi connectivity index (χ1v) is 18.3. The van der Waals surface area contributed by atoms with Crippen LogP contribution >= 0.6 is 23.1 Å². The fraction of sp³-hybridized carbons (Fsp3) is 0.486. The summed E-state index contributed by atoms with van der Waals surface area (Å²) in [5, 5.41) is 2.66. The zero-order chi connectivity index (χ0) is 30.7. The number of anilines is 1. The van der Waals surface area contributed by atoms with Crippen LogP contribution in [0, 0.1) is 0 Å². The molecule has 0 bridgehead atoms. The van der Waals surface area contributed by atoms with E-state index in [0.29, 0.717) is 0 Å². The largest absolute Gasteiger partial charge is 0.335 e. The van der Waals surface area contributed by atoms with Gasteiger partial charge in [-0.1, -0.05) is 65.6 Å². The Labute approximate surface area is 270 Å². The van der Waals surface area contributed by atoms with Gasteiger partial charge in [-0.25, -0.2) is 0 Å². The van der Waals surface area contributed by atoms with Gasteiger partial charge in [-0.3, -0.25) is 0 Å². The summed E-state index contributed by atoms with van der Waals surface area (Å²) in [6.45, 7) is 25.9. The van der Waals surface area contributed by atoms with Crippen molar-refractivity contribution in [2.75, 3.05) is 63.8 Å². The van der Waals surface area contributed by atoms with Crippen molar-refractivity contribution >= 4 is 45.1 Å². The lowest BCUT2D eigenvalue weighted by atomic mass is 10.2. The molecule has 0 N–H and O–H groups in total. The fourth-order valence-corrected chi connectivity index (χ4v) is 8.78. The molecule has 0 atom stereocenters. The molecule has 43 heavy (non-hydrogen) atoms. The van der Waals surface area contributed by atoms with Crippen LogP contribution in [-0.4, -0.2) is 67.9 Å². The van der Waals surface area contributed by atoms with E-state index in [4.69, 9.17) is 0 Å². The predicted molar refractivity (Wildman–Crippen MR) is 191 cm³/mol. The Balaban J connectivity index is 1.46.